The Balaban J connectivity index is 0.000000917. The number of hydrogen-bond acceptors (Lipinski definition) is 7. The van der Waals surface area contributed by atoms with Crippen LogP contribution in [0, 0.1) is 12.3 Å². The molecule has 1 spiro atoms. The predicted molar refractivity (Wildman–Crippen MR) is 133 cm³/mol. The molecule has 2 aliphatic rings. The molecule has 2 fully saturated rings. The molecule has 10 heteroatoms. The summed E-state index contributed by atoms with van der Waals surface area (Å²) in [5.41, 5.74) is 6.29. The molecule has 0 aliphatic carbocycles. The van der Waals surface area contributed by atoms with Gasteiger partial charge in [-0.1, -0.05) is 6.92 Å². The molecule has 0 saturated carbocycles. The second-order valence-electron chi connectivity index (χ2n) is 9.24. The maximum atomic E-state index is 12.1. The van der Waals surface area contributed by atoms with Crippen molar-refractivity contribution in [2.24, 2.45) is 5.41 Å². The van der Waals surface area contributed by atoms with Gasteiger partial charge in [-0.05, 0) is 43.2 Å². The second kappa shape index (κ2) is 9.83. The molecule has 5 heterocycles. The van der Waals surface area contributed by atoms with Crippen LogP contribution in [0.15, 0.2) is 35.3 Å². The fourth-order valence-electron chi connectivity index (χ4n) is 5.06. The Kier molecular flexibility index (Phi) is 6.83. The first-order valence-corrected chi connectivity index (χ1v) is 11.6. The van der Waals surface area contributed by atoms with Crippen molar-refractivity contribution in [3.8, 4) is 0 Å². The molecular weight excluding hydrogens is 448 g/mol. The largest absolute Gasteiger partial charge is 0.483 e. The third kappa shape index (κ3) is 4.88. The summed E-state index contributed by atoms with van der Waals surface area (Å²) in [6.07, 6.45) is 2.62. The summed E-state index contributed by atoms with van der Waals surface area (Å²) >= 11 is 0. The Morgan fingerprint density at radius 1 is 1.26 bits per heavy atom. The van der Waals surface area contributed by atoms with Gasteiger partial charge < -0.3 is 20.3 Å². The predicted octanol–water partition coefficient (Wildman–Crippen LogP) is 1.57. The topological polar surface area (TPSA) is 132 Å². The number of amides is 1. The fraction of sp³-hybridized carbons (Fsp3) is 0.400. The molecule has 3 N–H and O–H groups in total. The molecule has 35 heavy (non-hydrogen) atoms. The monoisotopic (exact) mass is 478 g/mol. The molecule has 2 saturated heterocycles. The molecule has 3 aromatic rings. The number of nitrogens with one attached hydrogen (secondary N) is 2. The van der Waals surface area contributed by atoms with E-state index >= 15 is 0 Å². The van der Waals surface area contributed by atoms with Gasteiger partial charge in [0.2, 0.25) is 0 Å². The fourth-order valence-corrected chi connectivity index (χ4v) is 5.06. The summed E-state index contributed by atoms with van der Waals surface area (Å²) in [5, 5.41) is 9.51. The summed E-state index contributed by atoms with van der Waals surface area (Å²) in [5.74, 6) is -0.160. The molecule has 10 nitrogen and oxygen atoms in total. The Bertz CT molecular complexity index is 1310. The van der Waals surface area contributed by atoms with Crippen molar-refractivity contribution in [3.63, 3.8) is 0 Å². The lowest BCUT2D eigenvalue weighted by atomic mass is 9.72. The van der Waals surface area contributed by atoms with Gasteiger partial charge in [-0.25, -0.2) is 4.98 Å². The van der Waals surface area contributed by atoms with Gasteiger partial charge in [0.05, 0.1) is 22.4 Å². The Hall–Kier alpha value is -3.79. The third-order valence-electron chi connectivity index (χ3n) is 6.64. The number of likely N-dealkylation sites (tertiary alicyclic amines) is 1. The molecule has 0 radical (unpaired) electrons. The number of H-pyrrole nitrogens is 1. The van der Waals surface area contributed by atoms with Crippen LogP contribution in [-0.4, -0.2) is 70.6 Å². The molecule has 0 unspecified atom stereocenters. The molecule has 184 valence electrons. The first-order chi connectivity index (χ1) is 16.8. The number of rotatable bonds is 5. The van der Waals surface area contributed by atoms with Crippen LogP contribution in [0.5, 0.6) is 0 Å². The number of anilines is 1. The maximum Gasteiger partial charge on any atom is 0.290 e. The molecule has 0 bridgehead atoms. The first-order valence-electron chi connectivity index (χ1n) is 11.6. The zero-order chi connectivity index (χ0) is 25.2. The van der Waals surface area contributed by atoms with Gasteiger partial charge in [-0.15, -0.1) is 0 Å². The van der Waals surface area contributed by atoms with E-state index in [-0.39, 0.29) is 17.9 Å². The maximum absolute atomic E-state index is 12.1. The molecule has 3 aromatic heterocycles. The third-order valence-corrected chi connectivity index (χ3v) is 6.64. The van der Waals surface area contributed by atoms with E-state index in [4.69, 9.17) is 9.90 Å². The zero-order valence-corrected chi connectivity index (χ0v) is 20.2. The van der Waals surface area contributed by atoms with Crippen LogP contribution in [0.2, 0.25) is 0 Å². The van der Waals surface area contributed by atoms with Gasteiger partial charge in [-0.3, -0.25) is 24.3 Å². The summed E-state index contributed by atoms with van der Waals surface area (Å²) in [6, 6.07) is 7.73. The number of carboxylic acid groups (broad SMARTS) is 1. The van der Waals surface area contributed by atoms with Crippen molar-refractivity contribution in [1.29, 1.82) is 0 Å². The van der Waals surface area contributed by atoms with E-state index < -0.39 is 0 Å². The highest BCUT2D eigenvalue weighted by molar-refractivity contribution is 5.92. The van der Waals surface area contributed by atoms with E-state index in [1.165, 1.54) is 0 Å². The number of aryl methyl sites for hydroxylation is 2. The van der Waals surface area contributed by atoms with Crippen molar-refractivity contribution in [3.05, 3.63) is 63.3 Å². The van der Waals surface area contributed by atoms with Crippen molar-refractivity contribution >= 4 is 29.1 Å². The van der Waals surface area contributed by atoms with Gasteiger partial charge in [0.1, 0.15) is 5.69 Å². The normalized spacial score (nSPS) is 16.1. The van der Waals surface area contributed by atoms with Gasteiger partial charge in [-0.2, -0.15) is 0 Å². The highest BCUT2D eigenvalue weighted by Crippen LogP contribution is 2.43. The minimum Gasteiger partial charge on any atom is -0.483 e. The van der Waals surface area contributed by atoms with Gasteiger partial charge in [0.25, 0.3) is 17.9 Å². The number of aromatic nitrogens is 3. The van der Waals surface area contributed by atoms with Crippen LogP contribution >= 0.6 is 0 Å². The van der Waals surface area contributed by atoms with E-state index in [9.17, 15) is 9.59 Å². The Morgan fingerprint density at radius 2 is 1.97 bits per heavy atom. The Labute approximate surface area is 203 Å². The molecule has 2 aliphatic heterocycles. The lowest BCUT2D eigenvalue weighted by Gasteiger charge is -2.61. The van der Waals surface area contributed by atoms with E-state index in [1.54, 1.807) is 13.1 Å². The van der Waals surface area contributed by atoms with Crippen molar-refractivity contribution < 1.29 is 14.7 Å². The van der Waals surface area contributed by atoms with E-state index in [2.05, 4.69) is 30.1 Å². The average molecular weight is 479 g/mol. The average Bonchev–Trinajstić information content (AvgIpc) is 2.79. The number of fused-ring (bicyclic) bond motifs is 1. The van der Waals surface area contributed by atoms with Gasteiger partial charge in [0, 0.05) is 56.9 Å². The summed E-state index contributed by atoms with van der Waals surface area (Å²) in [4.78, 5) is 49.0. The van der Waals surface area contributed by atoms with Crippen LogP contribution in [-0.2, 0) is 17.8 Å². The molecule has 1 amide bonds. The zero-order valence-electron chi connectivity index (χ0n) is 20.2. The smallest absolute Gasteiger partial charge is 0.290 e. The highest BCUT2D eigenvalue weighted by Gasteiger charge is 2.51. The number of nitrogens with zero attached hydrogens (tertiary/aromatic N) is 4. The molecule has 0 atom stereocenters. The van der Waals surface area contributed by atoms with Crippen LogP contribution in [0.1, 0.15) is 34.2 Å². The van der Waals surface area contributed by atoms with Crippen LogP contribution in [0.25, 0.3) is 11.0 Å². The summed E-state index contributed by atoms with van der Waals surface area (Å²) < 4.78 is 0. The minimum atomic E-state index is -0.250. The SMILES string of the molecule is CCc1cc2ncc(CN3CC4(C3)CN(c3ccc(C(=O)NC)nc3C)C4)cc2[nH]c1=O.O=CO. The molecule has 0 aromatic carbocycles. The van der Waals surface area contributed by atoms with E-state index in [1.807, 2.05) is 38.2 Å². The second-order valence-corrected chi connectivity index (χ2v) is 9.24. The van der Waals surface area contributed by atoms with Crippen LogP contribution < -0.4 is 15.8 Å². The minimum absolute atomic E-state index is 0.0236. The first kappa shape index (κ1) is 24.3. The number of carbonyl (C=O) groups is 2. The standard InChI is InChI=1S/C24H28N6O2.CH2O2/c1-4-17-8-19-20(28-22(17)31)7-16(9-26-19)10-29-11-24(12-29)13-30(14-24)21-6-5-18(23(32)25-3)27-15(21)2;2-1-3/h5-9H,4,10-14H2,1-3H3,(H,25,32)(H,28,31);1H,(H,2,3). The van der Waals surface area contributed by atoms with Gasteiger partial charge >= 0.3 is 0 Å². The number of aromatic amines is 1. The lowest BCUT2D eigenvalue weighted by molar-refractivity contribution is -0.122. The van der Waals surface area contributed by atoms with Crippen LogP contribution in [0.3, 0.4) is 0 Å². The summed E-state index contributed by atoms with van der Waals surface area (Å²) in [6.45, 7) is 8.64. The van der Waals surface area contributed by atoms with Crippen molar-refractivity contribution in [2.75, 3.05) is 38.1 Å². The quantitative estimate of drug-likeness (QED) is 0.471. The van der Waals surface area contributed by atoms with Crippen molar-refractivity contribution in [1.82, 2.24) is 25.2 Å². The number of hydrogen-bond donors (Lipinski definition) is 3. The van der Waals surface area contributed by atoms with E-state index in [0.29, 0.717) is 17.5 Å². The molecular formula is C25H30N6O4. The number of pyridine rings is 3. The molecule has 5 rings (SSSR count). The summed E-state index contributed by atoms with van der Waals surface area (Å²) in [7, 11) is 1.62. The van der Waals surface area contributed by atoms with Crippen molar-refractivity contribution in [2.45, 2.75) is 26.8 Å². The highest BCUT2D eigenvalue weighted by atomic mass is 16.3. The number of carbonyl (C=O) groups excluding carboxylic acids is 1. The lowest BCUT2D eigenvalue weighted by Crippen LogP contribution is -2.72. The van der Waals surface area contributed by atoms with Gasteiger partial charge in [0.15, 0.2) is 0 Å². The van der Waals surface area contributed by atoms with Crippen LogP contribution in [0.4, 0.5) is 5.69 Å². The van der Waals surface area contributed by atoms with E-state index in [0.717, 1.165) is 66.3 Å². The Morgan fingerprint density at radius 3 is 2.60 bits per heavy atom.